The lowest BCUT2D eigenvalue weighted by atomic mass is 9.97. The summed E-state index contributed by atoms with van der Waals surface area (Å²) in [5.74, 6) is -0.469. The number of rotatable bonds is 2. The summed E-state index contributed by atoms with van der Waals surface area (Å²) in [6, 6.07) is 21.4. The van der Waals surface area contributed by atoms with E-state index in [0.29, 0.717) is 5.69 Å². The Morgan fingerprint density at radius 2 is 1.68 bits per heavy atom. The molecule has 1 aliphatic carbocycles. The molecule has 4 aromatic rings. The molecule has 1 aliphatic heterocycles. The molecule has 1 saturated carbocycles. The molecule has 1 amide bonds. The third-order valence-corrected chi connectivity index (χ3v) is 6.64. The van der Waals surface area contributed by atoms with Crippen LogP contribution in [0.25, 0.3) is 27.9 Å². The highest BCUT2D eigenvalue weighted by molar-refractivity contribution is 5.97. The molecule has 1 fully saturated rings. The maximum Gasteiger partial charge on any atom is 0.271 e. The maximum atomic E-state index is 13.5. The molecule has 4 nitrogen and oxygen atoms in total. The molecular formula is C26H20FN3O. The van der Waals surface area contributed by atoms with E-state index in [2.05, 4.69) is 17.1 Å². The smallest absolute Gasteiger partial charge is 0.271 e. The highest BCUT2D eigenvalue weighted by Gasteiger charge is 2.53. The van der Waals surface area contributed by atoms with Crippen molar-refractivity contribution >= 4 is 5.91 Å². The number of fused-ring (bicyclic) bond motifs is 4. The largest absolute Gasteiger partial charge is 0.331 e. The zero-order chi connectivity index (χ0) is 21.2. The Morgan fingerprint density at radius 3 is 2.39 bits per heavy atom. The topological polar surface area (TPSA) is 38.1 Å². The molecule has 2 aromatic carbocycles. The Kier molecular flexibility index (Phi) is 3.72. The second kappa shape index (κ2) is 6.38. The van der Waals surface area contributed by atoms with E-state index in [1.807, 2.05) is 65.2 Å². The molecule has 3 heterocycles. The molecule has 31 heavy (non-hydrogen) atoms. The van der Waals surface area contributed by atoms with Crippen molar-refractivity contribution < 1.29 is 9.18 Å². The fraction of sp³-hybridized carbons (Fsp3) is 0.154. The van der Waals surface area contributed by atoms with Gasteiger partial charge in [0.15, 0.2) is 0 Å². The van der Waals surface area contributed by atoms with Crippen molar-refractivity contribution in [1.29, 1.82) is 0 Å². The Bertz CT molecular complexity index is 1320. The number of hydrogen-bond acceptors (Lipinski definition) is 2. The summed E-state index contributed by atoms with van der Waals surface area (Å²) in [5.41, 5.74) is 6.41. The van der Waals surface area contributed by atoms with Gasteiger partial charge in [-0.1, -0.05) is 42.5 Å². The highest BCUT2D eigenvalue weighted by Crippen LogP contribution is 2.54. The van der Waals surface area contributed by atoms with E-state index in [-0.39, 0.29) is 11.4 Å². The van der Waals surface area contributed by atoms with Gasteiger partial charge in [-0.3, -0.25) is 4.79 Å². The lowest BCUT2D eigenvalue weighted by Crippen LogP contribution is -2.36. The number of carbonyl (C=O) groups is 1. The second-order valence-corrected chi connectivity index (χ2v) is 8.35. The highest BCUT2D eigenvalue weighted by atomic mass is 19.1. The van der Waals surface area contributed by atoms with Gasteiger partial charge in [-0.15, -0.1) is 0 Å². The summed E-state index contributed by atoms with van der Waals surface area (Å²) in [5, 5.41) is 0. The van der Waals surface area contributed by atoms with Crippen LogP contribution >= 0.6 is 0 Å². The summed E-state index contributed by atoms with van der Waals surface area (Å²) >= 11 is 0. The number of benzene rings is 2. The Labute approximate surface area is 179 Å². The van der Waals surface area contributed by atoms with Gasteiger partial charge in [-0.2, -0.15) is 4.39 Å². The van der Waals surface area contributed by atoms with Crippen molar-refractivity contribution in [3.63, 3.8) is 0 Å². The molecule has 1 spiro atoms. The molecule has 0 radical (unpaired) electrons. The Morgan fingerprint density at radius 1 is 0.903 bits per heavy atom. The van der Waals surface area contributed by atoms with Gasteiger partial charge in [0.05, 0.1) is 11.2 Å². The van der Waals surface area contributed by atoms with Crippen molar-refractivity contribution in [2.24, 2.45) is 0 Å². The van der Waals surface area contributed by atoms with Crippen LogP contribution in [0.5, 0.6) is 0 Å². The van der Waals surface area contributed by atoms with Crippen LogP contribution < -0.4 is 0 Å². The second-order valence-electron chi connectivity index (χ2n) is 8.35. The predicted octanol–water partition coefficient (Wildman–Crippen LogP) is 5.42. The number of pyridine rings is 1. The van der Waals surface area contributed by atoms with E-state index in [0.717, 1.165) is 46.3 Å². The van der Waals surface area contributed by atoms with Crippen LogP contribution in [0.15, 0.2) is 79.1 Å². The van der Waals surface area contributed by atoms with Crippen LogP contribution in [0.2, 0.25) is 0 Å². The van der Waals surface area contributed by atoms with E-state index < -0.39 is 5.95 Å². The van der Waals surface area contributed by atoms with Gasteiger partial charge >= 0.3 is 0 Å². The van der Waals surface area contributed by atoms with Crippen LogP contribution in [-0.2, 0) is 5.54 Å². The summed E-state index contributed by atoms with van der Waals surface area (Å²) in [7, 11) is 1.90. The average Bonchev–Trinajstić information content (AvgIpc) is 3.50. The van der Waals surface area contributed by atoms with Gasteiger partial charge in [0.25, 0.3) is 5.91 Å². The number of hydrogen-bond donors (Lipinski definition) is 0. The third kappa shape index (κ3) is 2.66. The van der Waals surface area contributed by atoms with Gasteiger partial charge in [0, 0.05) is 36.1 Å². The average molecular weight is 409 g/mol. The monoisotopic (exact) mass is 409 g/mol. The molecule has 0 atom stereocenters. The lowest BCUT2D eigenvalue weighted by molar-refractivity contribution is 0.0705. The van der Waals surface area contributed by atoms with E-state index in [9.17, 15) is 9.18 Å². The molecule has 152 valence electrons. The minimum Gasteiger partial charge on any atom is -0.331 e. The molecule has 5 heteroatoms. The number of halogens is 1. The van der Waals surface area contributed by atoms with Crippen LogP contribution in [0.3, 0.4) is 0 Å². The number of aromatic nitrogens is 2. The van der Waals surface area contributed by atoms with Crippen molar-refractivity contribution in [3.8, 4) is 27.9 Å². The third-order valence-electron chi connectivity index (χ3n) is 6.64. The van der Waals surface area contributed by atoms with E-state index in [1.54, 1.807) is 12.3 Å². The minimum atomic E-state index is -0.497. The van der Waals surface area contributed by atoms with Gasteiger partial charge < -0.3 is 9.47 Å². The SMILES string of the molecule is CN1C(=O)c2cc(-c3ccccc3)cn2-c2cc(-c3ccc(F)nc3)ccc2C12CC2. The zero-order valence-corrected chi connectivity index (χ0v) is 17.0. The Hall–Kier alpha value is -3.73. The first kappa shape index (κ1) is 18.1. The van der Waals surface area contributed by atoms with Crippen LogP contribution in [-0.4, -0.2) is 27.4 Å². The standard InChI is InChI=1S/C26H20FN3O/c1-29-25(31)23-14-20(17-5-3-2-4-6-17)16-30(23)22-13-18(19-8-10-24(27)28-15-19)7-9-21(22)26(29)11-12-26/h2-10,13-16H,11-12H2,1H3. The van der Waals surface area contributed by atoms with Crippen molar-refractivity contribution in [2.45, 2.75) is 18.4 Å². The van der Waals surface area contributed by atoms with E-state index in [4.69, 9.17) is 0 Å². The Balaban J connectivity index is 1.59. The summed E-state index contributed by atoms with van der Waals surface area (Å²) < 4.78 is 15.3. The van der Waals surface area contributed by atoms with Gasteiger partial charge in [-0.25, -0.2) is 4.98 Å². The quantitative estimate of drug-likeness (QED) is 0.415. The van der Waals surface area contributed by atoms with Crippen molar-refractivity contribution in [2.75, 3.05) is 7.05 Å². The van der Waals surface area contributed by atoms with Crippen LogP contribution in [0, 0.1) is 5.95 Å². The van der Waals surface area contributed by atoms with Gasteiger partial charge in [-0.05, 0) is 48.2 Å². The van der Waals surface area contributed by atoms with Crippen molar-refractivity contribution in [1.82, 2.24) is 14.5 Å². The summed E-state index contributed by atoms with van der Waals surface area (Å²) in [6.45, 7) is 0. The molecular weight excluding hydrogens is 389 g/mol. The summed E-state index contributed by atoms with van der Waals surface area (Å²) in [6.07, 6.45) is 5.50. The normalized spacial score (nSPS) is 16.1. The number of nitrogens with zero attached hydrogens (tertiary/aromatic N) is 3. The van der Waals surface area contributed by atoms with Crippen molar-refractivity contribution in [3.05, 3.63) is 96.3 Å². The molecule has 0 N–H and O–H groups in total. The molecule has 6 rings (SSSR count). The first-order chi connectivity index (χ1) is 15.1. The molecule has 0 unspecified atom stereocenters. The van der Waals surface area contributed by atoms with Gasteiger partial charge in [0.2, 0.25) is 5.95 Å². The molecule has 0 saturated heterocycles. The minimum absolute atomic E-state index is 0.0286. The fourth-order valence-electron chi connectivity index (χ4n) is 4.74. The molecule has 2 aromatic heterocycles. The maximum absolute atomic E-state index is 13.5. The number of carbonyl (C=O) groups excluding carboxylic acids is 1. The first-order valence-corrected chi connectivity index (χ1v) is 10.4. The number of amides is 1. The van der Waals surface area contributed by atoms with Gasteiger partial charge in [0.1, 0.15) is 5.69 Å². The van der Waals surface area contributed by atoms with Crippen LogP contribution in [0.4, 0.5) is 4.39 Å². The fourth-order valence-corrected chi connectivity index (χ4v) is 4.74. The van der Waals surface area contributed by atoms with E-state index >= 15 is 0 Å². The lowest BCUT2D eigenvalue weighted by Gasteiger charge is -2.27. The van der Waals surface area contributed by atoms with Crippen LogP contribution in [0.1, 0.15) is 28.9 Å². The zero-order valence-electron chi connectivity index (χ0n) is 17.0. The first-order valence-electron chi connectivity index (χ1n) is 10.4. The van der Waals surface area contributed by atoms with E-state index in [1.165, 1.54) is 6.07 Å². The molecule has 2 aliphatic rings. The predicted molar refractivity (Wildman–Crippen MR) is 117 cm³/mol. The molecule has 0 bridgehead atoms. The summed E-state index contributed by atoms with van der Waals surface area (Å²) in [4.78, 5) is 19.2.